The van der Waals surface area contributed by atoms with Crippen LogP contribution in [0.3, 0.4) is 0 Å². The van der Waals surface area contributed by atoms with E-state index in [0.29, 0.717) is 30.2 Å². The van der Waals surface area contributed by atoms with E-state index in [1.54, 1.807) is 24.3 Å². The molecule has 0 radical (unpaired) electrons. The Morgan fingerprint density at radius 3 is 2.17 bits per heavy atom. The van der Waals surface area contributed by atoms with Crippen LogP contribution in [-0.4, -0.2) is 41.7 Å². The number of hydrogen-bond donors (Lipinski definition) is 1. The molecule has 36 heavy (non-hydrogen) atoms. The first-order chi connectivity index (χ1) is 17.3. The van der Waals surface area contributed by atoms with Crippen LogP contribution in [0, 0.1) is 0 Å². The van der Waals surface area contributed by atoms with Crippen LogP contribution in [0.15, 0.2) is 77.7 Å². The van der Waals surface area contributed by atoms with E-state index in [0.717, 1.165) is 9.87 Å². The highest BCUT2D eigenvalue weighted by Gasteiger charge is 2.29. The zero-order chi connectivity index (χ0) is 26.1. The molecule has 0 saturated heterocycles. The molecule has 0 saturated carbocycles. The fourth-order valence-corrected chi connectivity index (χ4v) is 5.21. The lowest BCUT2D eigenvalue weighted by Crippen LogP contribution is -2.42. The minimum atomic E-state index is -4.14. The lowest BCUT2D eigenvalue weighted by atomic mass is 10.0. The molecule has 1 amide bonds. The molecular formula is C27H32N2O6S. The maximum atomic E-state index is 13.8. The summed E-state index contributed by atoms with van der Waals surface area (Å²) in [5, 5.41) is 2.96. The van der Waals surface area contributed by atoms with Crippen LogP contribution in [0.4, 0.5) is 5.69 Å². The number of amides is 1. The number of hydrogen-bond acceptors (Lipinski definition) is 6. The van der Waals surface area contributed by atoms with Crippen molar-refractivity contribution in [3.63, 3.8) is 0 Å². The van der Waals surface area contributed by atoms with Gasteiger partial charge in [0.1, 0.15) is 12.3 Å². The molecule has 1 atom stereocenters. The van der Waals surface area contributed by atoms with Crippen molar-refractivity contribution >= 4 is 21.6 Å². The van der Waals surface area contributed by atoms with Crippen molar-refractivity contribution in [3.05, 3.63) is 78.4 Å². The first kappa shape index (κ1) is 26.9. The van der Waals surface area contributed by atoms with Crippen LogP contribution < -0.4 is 23.8 Å². The molecule has 0 heterocycles. The molecule has 3 aromatic rings. The fraction of sp³-hybridized carbons (Fsp3) is 0.296. The number of benzene rings is 3. The fourth-order valence-electron chi connectivity index (χ4n) is 3.77. The highest BCUT2D eigenvalue weighted by molar-refractivity contribution is 7.92. The van der Waals surface area contributed by atoms with Gasteiger partial charge in [0.25, 0.3) is 10.0 Å². The molecule has 0 unspecified atom stereocenters. The smallest absolute Gasteiger partial charge is 0.264 e. The zero-order valence-corrected chi connectivity index (χ0v) is 21.7. The Bertz CT molecular complexity index is 1250. The molecule has 0 aliphatic carbocycles. The van der Waals surface area contributed by atoms with E-state index in [1.165, 1.54) is 32.4 Å². The summed E-state index contributed by atoms with van der Waals surface area (Å²) in [6, 6.07) is 20.2. The maximum Gasteiger partial charge on any atom is 0.264 e. The van der Waals surface area contributed by atoms with Gasteiger partial charge in [-0.2, -0.15) is 0 Å². The number of sulfonamides is 1. The van der Waals surface area contributed by atoms with Gasteiger partial charge in [-0.15, -0.1) is 0 Å². The Morgan fingerprint density at radius 1 is 0.917 bits per heavy atom. The van der Waals surface area contributed by atoms with E-state index >= 15 is 0 Å². The molecule has 8 nitrogen and oxygen atoms in total. The normalized spacial score (nSPS) is 11.9. The number of carbonyl (C=O) groups is 1. The van der Waals surface area contributed by atoms with E-state index in [1.807, 2.05) is 44.2 Å². The Kier molecular flexibility index (Phi) is 9.19. The molecule has 192 valence electrons. The molecule has 9 heteroatoms. The van der Waals surface area contributed by atoms with Gasteiger partial charge in [0.2, 0.25) is 5.91 Å². The summed E-state index contributed by atoms with van der Waals surface area (Å²) in [5.74, 6) is 0.841. The number of nitrogens with zero attached hydrogens (tertiary/aromatic N) is 1. The summed E-state index contributed by atoms with van der Waals surface area (Å²) in [5.41, 5.74) is 1.28. The van der Waals surface area contributed by atoms with Crippen molar-refractivity contribution in [2.75, 3.05) is 31.7 Å². The van der Waals surface area contributed by atoms with Gasteiger partial charge in [0.15, 0.2) is 11.5 Å². The molecular weight excluding hydrogens is 480 g/mol. The van der Waals surface area contributed by atoms with Gasteiger partial charge in [-0.1, -0.05) is 37.3 Å². The van der Waals surface area contributed by atoms with Crippen LogP contribution in [0.5, 0.6) is 17.2 Å². The predicted octanol–water partition coefficient (Wildman–Crippen LogP) is 4.57. The van der Waals surface area contributed by atoms with Crippen molar-refractivity contribution in [1.82, 2.24) is 5.32 Å². The maximum absolute atomic E-state index is 13.8. The van der Waals surface area contributed by atoms with Gasteiger partial charge in [0, 0.05) is 6.07 Å². The number of methoxy groups -OCH3 is 2. The van der Waals surface area contributed by atoms with Gasteiger partial charge in [0.05, 0.1) is 37.5 Å². The SMILES string of the molecule is CCOc1ccc(N(CC(=O)N[C@@H](CC)c2ccccc2)S(=O)(=O)c2ccc(OC)c(OC)c2)cc1. The van der Waals surface area contributed by atoms with Crippen LogP contribution in [0.2, 0.25) is 0 Å². The third kappa shape index (κ3) is 6.28. The average Bonchev–Trinajstić information content (AvgIpc) is 2.91. The molecule has 3 rings (SSSR count). The van der Waals surface area contributed by atoms with Crippen molar-refractivity contribution < 1.29 is 27.4 Å². The van der Waals surface area contributed by atoms with Crippen molar-refractivity contribution in [3.8, 4) is 17.2 Å². The minimum Gasteiger partial charge on any atom is -0.494 e. The summed E-state index contributed by atoms with van der Waals surface area (Å²) in [7, 11) is -1.24. The highest BCUT2D eigenvalue weighted by Crippen LogP contribution is 2.32. The summed E-state index contributed by atoms with van der Waals surface area (Å²) in [6.07, 6.45) is 0.654. The summed E-state index contributed by atoms with van der Waals surface area (Å²) in [4.78, 5) is 13.1. The minimum absolute atomic E-state index is 0.0306. The van der Waals surface area contributed by atoms with E-state index in [9.17, 15) is 13.2 Å². The van der Waals surface area contributed by atoms with Gasteiger partial charge < -0.3 is 19.5 Å². The summed E-state index contributed by atoms with van der Waals surface area (Å²) >= 11 is 0. The number of ether oxygens (including phenoxy) is 3. The van der Waals surface area contributed by atoms with E-state index in [4.69, 9.17) is 14.2 Å². The quantitative estimate of drug-likeness (QED) is 0.382. The highest BCUT2D eigenvalue weighted by atomic mass is 32.2. The molecule has 0 bridgehead atoms. The second-order valence-corrected chi connectivity index (χ2v) is 9.76. The number of rotatable bonds is 12. The van der Waals surface area contributed by atoms with E-state index in [-0.39, 0.29) is 16.7 Å². The molecule has 0 aromatic heterocycles. The first-order valence-corrected chi connectivity index (χ1v) is 13.1. The third-order valence-corrected chi connectivity index (χ3v) is 7.38. The third-order valence-electron chi connectivity index (χ3n) is 5.61. The van der Waals surface area contributed by atoms with Crippen molar-refractivity contribution in [1.29, 1.82) is 0 Å². The van der Waals surface area contributed by atoms with Crippen molar-refractivity contribution in [2.24, 2.45) is 0 Å². The molecule has 0 spiro atoms. The lowest BCUT2D eigenvalue weighted by Gasteiger charge is -2.26. The van der Waals surface area contributed by atoms with Gasteiger partial charge in [-0.05, 0) is 55.3 Å². The van der Waals surface area contributed by atoms with E-state index < -0.39 is 22.5 Å². The monoisotopic (exact) mass is 512 g/mol. The average molecular weight is 513 g/mol. The standard InChI is InChI=1S/C27H32N2O6S/c1-5-24(20-10-8-7-9-11-20)28-27(30)19-29(21-12-14-22(15-13-21)35-6-2)36(31,32)23-16-17-25(33-3)26(18-23)34-4/h7-18,24H,5-6,19H2,1-4H3,(H,28,30)/t24-/m0/s1. The summed E-state index contributed by atoms with van der Waals surface area (Å²) < 4.78 is 44.7. The predicted molar refractivity (Wildman–Crippen MR) is 139 cm³/mol. The topological polar surface area (TPSA) is 94.2 Å². The summed E-state index contributed by atoms with van der Waals surface area (Å²) in [6.45, 7) is 3.90. The molecule has 0 aliphatic rings. The van der Waals surface area contributed by atoms with Crippen LogP contribution in [-0.2, 0) is 14.8 Å². The molecule has 0 aliphatic heterocycles. The van der Waals surface area contributed by atoms with Gasteiger partial charge in [-0.25, -0.2) is 8.42 Å². The lowest BCUT2D eigenvalue weighted by molar-refractivity contribution is -0.120. The van der Waals surface area contributed by atoms with Gasteiger partial charge >= 0.3 is 0 Å². The van der Waals surface area contributed by atoms with Crippen molar-refractivity contribution in [2.45, 2.75) is 31.2 Å². The Balaban J connectivity index is 1.97. The Labute approximate surface area is 212 Å². The van der Waals surface area contributed by atoms with Crippen LogP contribution >= 0.6 is 0 Å². The van der Waals surface area contributed by atoms with E-state index in [2.05, 4.69) is 5.32 Å². The number of carbonyl (C=O) groups excluding carboxylic acids is 1. The Hall–Kier alpha value is -3.72. The molecule has 1 N–H and O–H groups in total. The second kappa shape index (κ2) is 12.3. The first-order valence-electron chi connectivity index (χ1n) is 11.7. The second-order valence-electron chi connectivity index (χ2n) is 7.89. The largest absolute Gasteiger partial charge is 0.494 e. The molecule has 0 fully saturated rings. The molecule has 3 aromatic carbocycles. The van der Waals surface area contributed by atoms with Crippen LogP contribution in [0.1, 0.15) is 31.9 Å². The number of anilines is 1. The zero-order valence-electron chi connectivity index (χ0n) is 20.9. The Morgan fingerprint density at radius 2 is 1.58 bits per heavy atom. The van der Waals surface area contributed by atoms with Gasteiger partial charge in [-0.3, -0.25) is 9.10 Å². The number of nitrogens with one attached hydrogen (secondary N) is 1. The van der Waals surface area contributed by atoms with Crippen LogP contribution in [0.25, 0.3) is 0 Å².